The summed E-state index contributed by atoms with van der Waals surface area (Å²) in [5.74, 6) is 0. The first-order valence-corrected chi connectivity index (χ1v) is 7.88. The molecule has 3 fully saturated rings. The zero-order valence-electron chi connectivity index (χ0n) is 11.2. The first kappa shape index (κ1) is 12.0. The molecule has 0 spiro atoms. The molecule has 3 aliphatic rings. The van der Waals surface area contributed by atoms with Gasteiger partial charge in [0.15, 0.2) is 0 Å². The van der Waals surface area contributed by atoms with Gasteiger partial charge in [0, 0.05) is 18.1 Å². The molecule has 2 saturated carbocycles. The third-order valence-corrected chi connectivity index (χ3v) is 5.11. The Morgan fingerprint density at radius 1 is 0.882 bits per heavy atom. The van der Waals surface area contributed by atoms with Crippen LogP contribution in [0.4, 0.5) is 0 Å². The summed E-state index contributed by atoms with van der Waals surface area (Å²) in [6.07, 6.45) is 14.5. The molecule has 1 heterocycles. The van der Waals surface area contributed by atoms with E-state index in [1.807, 2.05) is 0 Å². The van der Waals surface area contributed by atoms with E-state index < -0.39 is 0 Å². The molecule has 2 heteroatoms. The summed E-state index contributed by atoms with van der Waals surface area (Å²) in [7, 11) is 0. The summed E-state index contributed by atoms with van der Waals surface area (Å²) >= 11 is 0. The molecule has 2 aliphatic carbocycles. The van der Waals surface area contributed by atoms with Gasteiger partial charge in [-0.05, 0) is 51.6 Å². The first-order valence-electron chi connectivity index (χ1n) is 7.88. The van der Waals surface area contributed by atoms with Crippen molar-refractivity contribution < 1.29 is 0 Å². The Labute approximate surface area is 106 Å². The highest BCUT2D eigenvalue weighted by Crippen LogP contribution is 2.35. The summed E-state index contributed by atoms with van der Waals surface area (Å²) in [6.45, 7) is 4.01. The maximum Gasteiger partial charge on any atom is 0.0334 e. The minimum absolute atomic E-state index is 0.543. The van der Waals surface area contributed by atoms with Gasteiger partial charge < -0.3 is 5.32 Å². The van der Waals surface area contributed by atoms with E-state index in [1.54, 1.807) is 0 Å². The van der Waals surface area contributed by atoms with Crippen LogP contribution in [0.15, 0.2) is 0 Å². The Morgan fingerprint density at radius 3 is 2.18 bits per heavy atom. The van der Waals surface area contributed by atoms with E-state index in [0.29, 0.717) is 5.54 Å². The van der Waals surface area contributed by atoms with Crippen molar-refractivity contribution in [1.29, 1.82) is 0 Å². The van der Waals surface area contributed by atoms with Gasteiger partial charge in [0.25, 0.3) is 0 Å². The Morgan fingerprint density at radius 2 is 1.53 bits per heavy atom. The molecular formula is C15H28N2. The zero-order valence-corrected chi connectivity index (χ0v) is 11.2. The van der Waals surface area contributed by atoms with Gasteiger partial charge in [-0.3, -0.25) is 4.90 Å². The Hall–Kier alpha value is -0.0800. The molecule has 0 aromatic heterocycles. The van der Waals surface area contributed by atoms with E-state index >= 15 is 0 Å². The fourth-order valence-electron chi connectivity index (χ4n) is 3.80. The second-order valence-electron chi connectivity index (χ2n) is 6.49. The van der Waals surface area contributed by atoms with Gasteiger partial charge >= 0.3 is 0 Å². The third-order valence-electron chi connectivity index (χ3n) is 5.11. The van der Waals surface area contributed by atoms with Gasteiger partial charge in [0.1, 0.15) is 0 Å². The molecular weight excluding hydrogens is 208 g/mol. The Balaban J connectivity index is 1.64. The van der Waals surface area contributed by atoms with Crippen LogP contribution in [0, 0.1) is 0 Å². The van der Waals surface area contributed by atoms with E-state index in [-0.39, 0.29) is 0 Å². The molecule has 1 N–H and O–H groups in total. The molecule has 0 aromatic carbocycles. The van der Waals surface area contributed by atoms with Crippen molar-refractivity contribution in [3.05, 3.63) is 0 Å². The van der Waals surface area contributed by atoms with E-state index in [0.717, 1.165) is 6.04 Å². The zero-order chi connectivity index (χ0) is 11.6. The van der Waals surface area contributed by atoms with Crippen molar-refractivity contribution >= 4 is 0 Å². The molecule has 0 bridgehead atoms. The molecule has 98 valence electrons. The monoisotopic (exact) mass is 236 g/mol. The molecule has 0 radical (unpaired) electrons. The fourth-order valence-corrected chi connectivity index (χ4v) is 3.80. The quantitative estimate of drug-likeness (QED) is 0.807. The van der Waals surface area contributed by atoms with Gasteiger partial charge in [-0.2, -0.15) is 0 Å². The molecule has 1 aliphatic heterocycles. The van der Waals surface area contributed by atoms with Gasteiger partial charge in [0.2, 0.25) is 0 Å². The predicted molar refractivity (Wildman–Crippen MR) is 72.3 cm³/mol. The summed E-state index contributed by atoms with van der Waals surface area (Å²) < 4.78 is 0. The number of hydrogen-bond donors (Lipinski definition) is 1. The molecule has 0 aromatic rings. The second kappa shape index (κ2) is 5.27. The number of rotatable bonds is 4. The Kier molecular flexibility index (Phi) is 3.72. The lowest BCUT2D eigenvalue weighted by Crippen LogP contribution is -2.57. The van der Waals surface area contributed by atoms with Crippen LogP contribution in [0.5, 0.6) is 0 Å². The highest BCUT2D eigenvalue weighted by molar-refractivity contribution is 4.98. The molecule has 2 nitrogen and oxygen atoms in total. The van der Waals surface area contributed by atoms with Gasteiger partial charge in [-0.1, -0.05) is 25.7 Å². The summed E-state index contributed by atoms with van der Waals surface area (Å²) in [6, 6.07) is 0.874. The predicted octanol–water partition coefficient (Wildman–Crippen LogP) is 2.93. The van der Waals surface area contributed by atoms with Crippen LogP contribution in [0.1, 0.15) is 64.2 Å². The van der Waals surface area contributed by atoms with Gasteiger partial charge in [-0.15, -0.1) is 0 Å². The van der Waals surface area contributed by atoms with Crippen molar-refractivity contribution in [2.24, 2.45) is 0 Å². The minimum Gasteiger partial charge on any atom is -0.312 e. The van der Waals surface area contributed by atoms with E-state index in [4.69, 9.17) is 0 Å². The van der Waals surface area contributed by atoms with Crippen LogP contribution in [-0.2, 0) is 0 Å². The lowest BCUT2D eigenvalue weighted by molar-refractivity contribution is 0.0333. The van der Waals surface area contributed by atoms with Crippen LogP contribution < -0.4 is 5.32 Å². The van der Waals surface area contributed by atoms with Crippen LogP contribution in [0.3, 0.4) is 0 Å². The second-order valence-corrected chi connectivity index (χ2v) is 6.49. The molecule has 3 rings (SSSR count). The van der Waals surface area contributed by atoms with E-state index in [1.165, 1.54) is 83.8 Å². The topological polar surface area (TPSA) is 15.3 Å². The minimum atomic E-state index is 0.543. The summed E-state index contributed by atoms with van der Waals surface area (Å²) in [5, 5.41) is 3.82. The van der Waals surface area contributed by atoms with Crippen LogP contribution in [0.2, 0.25) is 0 Å². The van der Waals surface area contributed by atoms with Gasteiger partial charge in [0.05, 0.1) is 0 Å². The van der Waals surface area contributed by atoms with Crippen molar-refractivity contribution in [2.75, 3.05) is 19.6 Å². The van der Waals surface area contributed by atoms with Crippen molar-refractivity contribution in [1.82, 2.24) is 10.2 Å². The van der Waals surface area contributed by atoms with Crippen LogP contribution in [0.25, 0.3) is 0 Å². The number of likely N-dealkylation sites (tertiary alicyclic amines) is 1. The lowest BCUT2D eigenvalue weighted by Gasteiger charge is -2.48. The maximum atomic E-state index is 3.82. The smallest absolute Gasteiger partial charge is 0.0334 e. The standard InChI is InChI=1S/C15H28N2/c1-3-9-15(10-4-1,13-16-14-7-8-14)17-11-5-2-6-12-17/h14,16H,1-13H2. The molecule has 1 saturated heterocycles. The molecule has 0 amide bonds. The number of nitrogens with zero attached hydrogens (tertiary/aromatic N) is 1. The van der Waals surface area contributed by atoms with Crippen LogP contribution in [-0.4, -0.2) is 36.1 Å². The fraction of sp³-hybridized carbons (Fsp3) is 1.00. The average Bonchev–Trinajstić information content (AvgIpc) is 3.23. The molecule has 17 heavy (non-hydrogen) atoms. The molecule has 0 unspecified atom stereocenters. The number of nitrogens with one attached hydrogen (secondary N) is 1. The summed E-state index contributed by atoms with van der Waals surface area (Å²) in [4.78, 5) is 2.85. The van der Waals surface area contributed by atoms with Gasteiger partial charge in [-0.25, -0.2) is 0 Å². The van der Waals surface area contributed by atoms with Crippen molar-refractivity contribution in [3.8, 4) is 0 Å². The van der Waals surface area contributed by atoms with Crippen molar-refractivity contribution in [2.45, 2.75) is 75.8 Å². The average molecular weight is 236 g/mol. The van der Waals surface area contributed by atoms with E-state index in [9.17, 15) is 0 Å². The highest BCUT2D eigenvalue weighted by atomic mass is 15.2. The van der Waals surface area contributed by atoms with E-state index in [2.05, 4.69) is 10.2 Å². The lowest BCUT2D eigenvalue weighted by atomic mass is 9.79. The maximum absolute atomic E-state index is 3.82. The van der Waals surface area contributed by atoms with Crippen molar-refractivity contribution in [3.63, 3.8) is 0 Å². The Bertz CT molecular complexity index is 235. The SMILES string of the molecule is C1CCN(C2(CNC3CC3)CCCCC2)CC1. The number of hydrogen-bond acceptors (Lipinski definition) is 2. The summed E-state index contributed by atoms with van der Waals surface area (Å²) in [5.41, 5.74) is 0.543. The highest BCUT2D eigenvalue weighted by Gasteiger charge is 2.39. The first-order chi connectivity index (χ1) is 8.39. The van der Waals surface area contributed by atoms with Crippen LogP contribution >= 0.6 is 0 Å². The molecule has 0 atom stereocenters. The normalized spacial score (nSPS) is 30.4. The number of piperidine rings is 1. The third kappa shape index (κ3) is 2.85. The largest absolute Gasteiger partial charge is 0.312 e.